The molecule has 4 heterocycles. The number of aromatic nitrogens is 3. The van der Waals surface area contributed by atoms with Gasteiger partial charge in [0.25, 0.3) is 0 Å². The lowest BCUT2D eigenvalue weighted by atomic mass is 10.1. The van der Waals surface area contributed by atoms with Crippen LogP contribution in [0.1, 0.15) is 0 Å². The minimum Gasteiger partial charge on any atom is -0.456 e. The number of para-hydroxylation sites is 3. The highest BCUT2D eigenvalue weighted by Crippen LogP contribution is 2.40. The molecule has 8 rings (SSSR count). The molecule has 0 saturated carbocycles. The van der Waals surface area contributed by atoms with Crippen molar-refractivity contribution in [1.29, 1.82) is 0 Å². The topological polar surface area (TPSA) is 35.9 Å². The smallest absolute Gasteiger partial charge is 0.135 e. The van der Waals surface area contributed by atoms with Crippen molar-refractivity contribution in [2.75, 3.05) is 0 Å². The predicted molar refractivity (Wildman–Crippen MR) is 143 cm³/mol. The molecule has 4 heteroatoms. The van der Waals surface area contributed by atoms with Crippen LogP contribution in [0.25, 0.3) is 66.3 Å². The molecule has 0 radical (unpaired) electrons. The van der Waals surface area contributed by atoms with E-state index in [1.54, 1.807) is 0 Å². The van der Waals surface area contributed by atoms with Gasteiger partial charge in [0.2, 0.25) is 0 Å². The fourth-order valence-electron chi connectivity index (χ4n) is 5.51. The molecular formula is C31H19N3O. The van der Waals surface area contributed by atoms with Crippen molar-refractivity contribution in [3.05, 3.63) is 115 Å². The van der Waals surface area contributed by atoms with Crippen molar-refractivity contribution in [2.45, 2.75) is 0 Å². The molecule has 0 atom stereocenters. The molecule has 8 aromatic rings. The molecule has 164 valence electrons. The number of fused-ring (bicyclic) bond motifs is 8. The molecule has 4 aromatic carbocycles. The van der Waals surface area contributed by atoms with E-state index in [9.17, 15) is 0 Å². The summed E-state index contributed by atoms with van der Waals surface area (Å²) in [4.78, 5) is 4.86. The normalized spacial score (nSPS) is 12.0. The standard InChI is InChI=1S/C31H19N3O/c1-2-9-20(10-3-1)33-25-13-6-4-12-23(25)29-30-26(14-8-18-32-30)34(31(29)33)21-16-17-28-24(19-21)22-11-5-7-15-27(22)35-28/h1-19H. The molecule has 0 aliphatic carbocycles. The summed E-state index contributed by atoms with van der Waals surface area (Å²) >= 11 is 0. The Morgan fingerprint density at radius 3 is 2.17 bits per heavy atom. The van der Waals surface area contributed by atoms with E-state index in [1.165, 1.54) is 10.9 Å². The summed E-state index contributed by atoms with van der Waals surface area (Å²) < 4.78 is 10.8. The summed E-state index contributed by atoms with van der Waals surface area (Å²) in [6.45, 7) is 0. The summed E-state index contributed by atoms with van der Waals surface area (Å²) in [7, 11) is 0. The number of benzene rings is 4. The number of rotatable bonds is 2. The monoisotopic (exact) mass is 449 g/mol. The molecule has 0 saturated heterocycles. The van der Waals surface area contributed by atoms with Gasteiger partial charge in [-0.15, -0.1) is 0 Å². The third-order valence-corrected chi connectivity index (χ3v) is 6.96. The molecule has 0 amide bonds. The molecular weight excluding hydrogens is 430 g/mol. The Morgan fingerprint density at radius 2 is 1.26 bits per heavy atom. The molecule has 4 aromatic heterocycles. The zero-order valence-electron chi connectivity index (χ0n) is 18.7. The highest BCUT2D eigenvalue weighted by molar-refractivity contribution is 6.21. The minimum atomic E-state index is 0.893. The lowest BCUT2D eigenvalue weighted by molar-refractivity contribution is 0.669. The molecule has 0 aliphatic heterocycles. The summed E-state index contributed by atoms with van der Waals surface area (Å²) in [5, 5.41) is 4.60. The largest absolute Gasteiger partial charge is 0.456 e. The van der Waals surface area contributed by atoms with Crippen LogP contribution in [0.15, 0.2) is 120 Å². The first-order valence-corrected chi connectivity index (χ1v) is 11.7. The summed E-state index contributed by atoms with van der Waals surface area (Å²) in [5.74, 6) is 0. The lowest BCUT2D eigenvalue weighted by Gasteiger charge is -2.12. The van der Waals surface area contributed by atoms with E-state index in [0.717, 1.165) is 55.4 Å². The van der Waals surface area contributed by atoms with Crippen molar-refractivity contribution >= 4 is 54.9 Å². The van der Waals surface area contributed by atoms with Crippen LogP contribution in [0.3, 0.4) is 0 Å². The van der Waals surface area contributed by atoms with E-state index in [2.05, 4.69) is 100 Å². The minimum absolute atomic E-state index is 0.893. The van der Waals surface area contributed by atoms with E-state index < -0.39 is 0 Å². The number of pyridine rings is 1. The Hall–Kier alpha value is -4.83. The first-order valence-electron chi connectivity index (χ1n) is 11.7. The third kappa shape index (κ3) is 2.48. The number of hydrogen-bond donors (Lipinski definition) is 0. The molecule has 0 spiro atoms. The maximum Gasteiger partial charge on any atom is 0.135 e. The van der Waals surface area contributed by atoms with Crippen LogP contribution in [0.2, 0.25) is 0 Å². The van der Waals surface area contributed by atoms with Gasteiger partial charge in [0.05, 0.1) is 21.9 Å². The van der Waals surface area contributed by atoms with Crippen molar-refractivity contribution in [2.24, 2.45) is 0 Å². The Bertz CT molecular complexity index is 2060. The first kappa shape index (κ1) is 18.6. The van der Waals surface area contributed by atoms with Gasteiger partial charge < -0.3 is 4.42 Å². The summed E-state index contributed by atoms with van der Waals surface area (Å²) in [5.41, 5.74) is 8.37. The molecule has 35 heavy (non-hydrogen) atoms. The Kier molecular flexibility index (Phi) is 3.63. The van der Waals surface area contributed by atoms with Gasteiger partial charge in [-0.05, 0) is 54.6 Å². The van der Waals surface area contributed by atoms with E-state index in [-0.39, 0.29) is 0 Å². The van der Waals surface area contributed by atoms with E-state index >= 15 is 0 Å². The quantitative estimate of drug-likeness (QED) is 0.268. The Morgan fingerprint density at radius 1 is 0.543 bits per heavy atom. The fourth-order valence-corrected chi connectivity index (χ4v) is 5.51. The van der Waals surface area contributed by atoms with Crippen LogP contribution < -0.4 is 0 Å². The fraction of sp³-hybridized carbons (Fsp3) is 0. The summed E-state index contributed by atoms with van der Waals surface area (Å²) in [6.07, 6.45) is 1.88. The first-order chi connectivity index (χ1) is 17.4. The molecule has 0 fully saturated rings. The van der Waals surface area contributed by atoms with Gasteiger partial charge in [-0.2, -0.15) is 0 Å². The average molecular weight is 450 g/mol. The van der Waals surface area contributed by atoms with Gasteiger partial charge in [0, 0.05) is 33.7 Å². The molecule has 0 N–H and O–H groups in total. The average Bonchev–Trinajstić information content (AvgIpc) is 3.56. The highest BCUT2D eigenvalue weighted by Gasteiger charge is 2.22. The molecule has 0 bridgehead atoms. The SMILES string of the molecule is c1ccc(-n2c3ccccc3c3c4ncccc4n(-c4ccc5oc6ccccc6c5c4)c32)cc1. The van der Waals surface area contributed by atoms with Gasteiger partial charge in [-0.3, -0.25) is 14.1 Å². The zero-order chi connectivity index (χ0) is 22.9. The van der Waals surface area contributed by atoms with E-state index in [0.29, 0.717) is 0 Å². The van der Waals surface area contributed by atoms with Crippen molar-refractivity contribution < 1.29 is 4.42 Å². The van der Waals surface area contributed by atoms with Crippen molar-refractivity contribution in [3.63, 3.8) is 0 Å². The second-order valence-corrected chi connectivity index (χ2v) is 8.87. The molecule has 0 aliphatic rings. The van der Waals surface area contributed by atoms with Gasteiger partial charge in [-0.1, -0.05) is 54.6 Å². The highest BCUT2D eigenvalue weighted by atomic mass is 16.3. The lowest BCUT2D eigenvalue weighted by Crippen LogP contribution is -2.01. The van der Waals surface area contributed by atoms with Crippen molar-refractivity contribution in [3.8, 4) is 11.4 Å². The van der Waals surface area contributed by atoms with Gasteiger partial charge in [-0.25, -0.2) is 0 Å². The van der Waals surface area contributed by atoms with Crippen molar-refractivity contribution in [1.82, 2.24) is 14.1 Å². The maximum absolute atomic E-state index is 6.11. The van der Waals surface area contributed by atoms with E-state index in [1.807, 2.05) is 24.4 Å². The van der Waals surface area contributed by atoms with Gasteiger partial charge in [0.15, 0.2) is 0 Å². The predicted octanol–water partition coefficient (Wildman–Crippen LogP) is 8.02. The van der Waals surface area contributed by atoms with Gasteiger partial charge >= 0.3 is 0 Å². The molecule has 0 unspecified atom stereocenters. The van der Waals surface area contributed by atoms with Crippen LogP contribution in [-0.4, -0.2) is 14.1 Å². The maximum atomic E-state index is 6.11. The Labute approximate surface area is 200 Å². The van der Waals surface area contributed by atoms with Crippen LogP contribution in [0.5, 0.6) is 0 Å². The Balaban J connectivity index is 1.58. The second-order valence-electron chi connectivity index (χ2n) is 8.87. The van der Waals surface area contributed by atoms with Gasteiger partial charge in [0.1, 0.15) is 16.8 Å². The zero-order valence-corrected chi connectivity index (χ0v) is 18.7. The molecule has 4 nitrogen and oxygen atoms in total. The number of hydrogen-bond acceptors (Lipinski definition) is 2. The van der Waals surface area contributed by atoms with Crippen LogP contribution >= 0.6 is 0 Å². The van der Waals surface area contributed by atoms with Crippen LogP contribution in [0, 0.1) is 0 Å². The van der Waals surface area contributed by atoms with E-state index in [4.69, 9.17) is 9.40 Å². The third-order valence-electron chi connectivity index (χ3n) is 6.96. The number of furan rings is 1. The van der Waals surface area contributed by atoms with Crippen LogP contribution in [0.4, 0.5) is 0 Å². The number of nitrogens with zero attached hydrogens (tertiary/aromatic N) is 3. The second kappa shape index (κ2) is 6.84. The summed E-state index contributed by atoms with van der Waals surface area (Å²) in [6, 6.07) is 38.0. The van der Waals surface area contributed by atoms with Crippen LogP contribution in [-0.2, 0) is 0 Å².